The minimum absolute atomic E-state index is 0.105. The van der Waals surface area contributed by atoms with Crippen molar-refractivity contribution in [3.8, 4) is 0 Å². The molecule has 1 aromatic rings. The normalized spacial score (nSPS) is 26.8. The SMILES string of the molecule is CC1(C)CCN(C(O)OC2CCCCC2)Cc2cc(N3CCN(C4CCCC4)CC3)ccc21. The summed E-state index contributed by atoms with van der Waals surface area (Å²) in [5.41, 5.74) is 4.25. The zero-order valence-corrected chi connectivity index (χ0v) is 21.0. The van der Waals surface area contributed by atoms with Crippen molar-refractivity contribution in [2.45, 2.75) is 109 Å². The van der Waals surface area contributed by atoms with Gasteiger partial charge in [0.2, 0.25) is 6.41 Å². The number of anilines is 1. The molecule has 2 aliphatic carbocycles. The van der Waals surface area contributed by atoms with Crippen molar-refractivity contribution >= 4 is 5.69 Å². The lowest BCUT2D eigenvalue weighted by Gasteiger charge is -2.39. The maximum absolute atomic E-state index is 11.0. The van der Waals surface area contributed by atoms with Crippen molar-refractivity contribution in [3.05, 3.63) is 29.3 Å². The van der Waals surface area contributed by atoms with Crippen LogP contribution in [0, 0.1) is 0 Å². The number of rotatable bonds is 5. The van der Waals surface area contributed by atoms with Gasteiger partial charge in [0.25, 0.3) is 0 Å². The molecule has 2 aliphatic heterocycles. The van der Waals surface area contributed by atoms with E-state index < -0.39 is 6.41 Å². The first kappa shape index (κ1) is 23.6. The fourth-order valence-electron chi connectivity index (χ4n) is 6.69. The summed E-state index contributed by atoms with van der Waals surface area (Å²) in [7, 11) is 0. The predicted octanol–water partition coefficient (Wildman–Crippen LogP) is 4.86. The lowest BCUT2D eigenvalue weighted by molar-refractivity contribution is -0.225. The number of hydrogen-bond donors (Lipinski definition) is 1. The van der Waals surface area contributed by atoms with E-state index in [4.69, 9.17) is 4.74 Å². The zero-order valence-electron chi connectivity index (χ0n) is 21.0. The Morgan fingerprint density at radius 3 is 2.33 bits per heavy atom. The van der Waals surface area contributed by atoms with Gasteiger partial charge in [-0.05, 0) is 60.8 Å². The Balaban J connectivity index is 1.27. The van der Waals surface area contributed by atoms with E-state index in [0.29, 0.717) is 0 Å². The van der Waals surface area contributed by atoms with Crippen LogP contribution in [0.1, 0.15) is 89.2 Å². The van der Waals surface area contributed by atoms with Gasteiger partial charge >= 0.3 is 0 Å². The van der Waals surface area contributed by atoms with E-state index in [0.717, 1.165) is 51.5 Å². The van der Waals surface area contributed by atoms with Crippen molar-refractivity contribution in [1.82, 2.24) is 9.80 Å². The van der Waals surface area contributed by atoms with Gasteiger partial charge in [-0.2, -0.15) is 0 Å². The monoisotopic (exact) mass is 455 g/mol. The van der Waals surface area contributed by atoms with Crippen LogP contribution in [0.3, 0.4) is 0 Å². The first-order valence-corrected chi connectivity index (χ1v) is 13.7. The third kappa shape index (κ3) is 5.42. The number of hydrogen-bond acceptors (Lipinski definition) is 5. The molecule has 1 aromatic carbocycles. The Labute approximate surface area is 201 Å². The van der Waals surface area contributed by atoms with Crippen molar-refractivity contribution in [2.24, 2.45) is 0 Å². The second-order valence-corrected chi connectivity index (χ2v) is 11.6. The first-order valence-electron chi connectivity index (χ1n) is 13.7. The van der Waals surface area contributed by atoms with E-state index in [1.807, 2.05) is 0 Å². The zero-order chi connectivity index (χ0) is 22.8. The molecule has 1 saturated heterocycles. The van der Waals surface area contributed by atoms with Gasteiger partial charge in [0.15, 0.2) is 0 Å². The second-order valence-electron chi connectivity index (χ2n) is 11.6. The molecular formula is C28H45N3O2. The van der Waals surface area contributed by atoms with Crippen LogP contribution in [0.2, 0.25) is 0 Å². The van der Waals surface area contributed by atoms with Crippen LogP contribution in [-0.2, 0) is 16.7 Å². The minimum Gasteiger partial charge on any atom is -0.369 e. The minimum atomic E-state index is -0.798. The molecule has 1 atom stereocenters. The molecular weight excluding hydrogens is 410 g/mol. The highest BCUT2D eigenvalue weighted by molar-refractivity contribution is 5.53. The van der Waals surface area contributed by atoms with Crippen LogP contribution in [0.5, 0.6) is 0 Å². The molecule has 0 radical (unpaired) electrons. The molecule has 2 heterocycles. The molecule has 184 valence electrons. The second kappa shape index (κ2) is 10.2. The number of ether oxygens (including phenoxy) is 1. The van der Waals surface area contributed by atoms with Crippen molar-refractivity contribution < 1.29 is 9.84 Å². The Kier molecular flexibility index (Phi) is 7.31. The molecule has 1 N–H and O–H groups in total. The van der Waals surface area contributed by atoms with E-state index in [9.17, 15) is 5.11 Å². The molecule has 3 fully saturated rings. The number of fused-ring (bicyclic) bond motifs is 1. The average molecular weight is 456 g/mol. The van der Waals surface area contributed by atoms with Gasteiger partial charge < -0.3 is 14.7 Å². The number of nitrogens with zero attached hydrogens (tertiary/aromatic N) is 3. The number of aliphatic hydroxyl groups is 1. The first-order chi connectivity index (χ1) is 16.0. The van der Waals surface area contributed by atoms with Crippen LogP contribution in [0.25, 0.3) is 0 Å². The summed E-state index contributed by atoms with van der Waals surface area (Å²) in [6.07, 6.45) is 12.0. The van der Waals surface area contributed by atoms with Crippen molar-refractivity contribution in [1.29, 1.82) is 0 Å². The van der Waals surface area contributed by atoms with Crippen molar-refractivity contribution in [3.63, 3.8) is 0 Å². The molecule has 2 saturated carbocycles. The Morgan fingerprint density at radius 2 is 1.61 bits per heavy atom. The summed E-state index contributed by atoms with van der Waals surface area (Å²) in [5, 5.41) is 11.0. The Bertz CT molecular complexity index is 777. The summed E-state index contributed by atoms with van der Waals surface area (Å²) >= 11 is 0. The Morgan fingerprint density at radius 1 is 0.909 bits per heavy atom. The molecule has 33 heavy (non-hydrogen) atoms. The molecule has 4 aliphatic rings. The lowest BCUT2D eigenvalue weighted by Crippen LogP contribution is -2.49. The van der Waals surface area contributed by atoms with Gasteiger partial charge in [0.05, 0.1) is 6.10 Å². The number of piperazine rings is 1. The molecule has 5 heteroatoms. The fourth-order valence-corrected chi connectivity index (χ4v) is 6.69. The lowest BCUT2D eigenvalue weighted by atomic mass is 9.80. The van der Waals surface area contributed by atoms with E-state index in [2.05, 4.69) is 46.7 Å². The van der Waals surface area contributed by atoms with Crippen LogP contribution in [0.4, 0.5) is 5.69 Å². The third-order valence-corrected chi connectivity index (χ3v) is 8.91. The molecule has 0 bridgehead atoms. The van der Waals surface area contributed by atoms with E-state index in [-0.39, 0.29) is 11.5 Å². The van der Waals surface area contributed by atoms with Gasteiger partial charge in [0.1, 0.15) is 0 Å². The molecule has 1 unspecified atom stereocenters. The van der Waals surface area contributed by atoms with Gasteiger partial charge in [-0.15, -0.1) is 0 Å². The van der Waals surface area contributed by atoms with Crippen LogP contribution in [0.15, 0.2) is 18.2 Å². The predicted molar refractivity (Wildman–Crippen MR) is 135 cm³/mol. The van der Waals surface area contributed by atoms with Gasteiger partial charge in [-0.25, -0.2) is 0 Å². The fraction of sp³-hybridized carbons (Fsp3) is 0.786. The van der Waals surface area contributed by atoms with E-state index in [1.165, 1.54) is 74.8 Å². The maximum Gasteiger partial charge on any atom is 0.216 e. The molecule has 5 rings (SSSR count). The summed E-state index contributed by atoms with van der Waals surface area (Å²) in [4.78, 5) is 7.46. The summed E-state index contributed by atoms with van der Waals surface area (Å²) < 4.78 is 6.14. The van der Waals surface area contributed by atoms with E-state index in [1.54, 1.807) is 0 Å². The smallest absolute Gasteiger partial charge is 0.216 e. The highest BCUT2D eigenvalue weighted by atomic mass is 16.6. The molecule has 5 nitrogen and oxygen atoms in total. The van der Waals surface area contributed by atoms with Gasteiger partial charge in [-0.1, -0.05) is 52.0 Å². The van der Waals surface area contributed by atoms with Crippen LogP contribution in [-0.4, -0.2) is 66.2 Å². The average Bonchev–Trinajstić information content (AvgIpc) is 3.33. The number of aliphatic hydroxyl groups excluding tert-OH is 1. The van der Waals surface area contributed by atoms with Crippen LogP contribution < -0.4 is 4.90 Å². The summed E-state index contributed by atoms with van der Waals surface area (Å²) in [6.45, 7) is 11.0. The topological polar surface area (TPSA) is 39.2 Å². The Hall–Kier alpha value is -1.14. The molecule has 0 amide bonds. The van der Waals surface area contributed by atoms with Gasteiger partial charge in [-0.3, -0.25) is 9.80 Å². The standard InChI is InChI=1S/C28H45N3O2/c1-28(2)14-15-31(27(32)33-25-10-4-3-5-11-25)21-22-20-24(12-13-26(22)28)30-18-16-29(17-19-30)23-8-6-7-9-23/h12-13,20,23,25,27,32H,3-11,14-19,21H2,1-2H3. The summed E-state index contributed by atoms with van der Waals surface area (Å²) in [5.74, 6) is 0. The van der Waals surface area contributed by atoms with Crippen molar-refractivity contribution in [2.75, 3.05) is 37.6 Å². The molecule has 0 aromatic heterocycles. The quantitative estimate of drug-likeness (QED) is 0.642. The van der Waals surface area contributed by atoms with Gasteiger partial charge in [0, 0.05) is 51.0 Å². The summed E-state index contributed by atoms with van der Waals surface area (Å²) in [6, 6.07) is 7.95. The highest BCUT2D eigenvalue weighted by Gasteiger charge is 2.33. The highest BCUT2D eigenvalue weighted by Crippen LogP contribution is 2.37. The van der Waals surface area contributed by atoms with E-state index >= 15 is 0 Å². The van der Waals surface area contributed by atoms with Crippen LogP contribution >= 0.6 is 0 Å². The number of benzene rings is 1. The third-order valence-electron chi connectivity index (χ3n) is 8.91. The maximum atomic E-state index is 11.0. The largest absolute Gasteiger partial charge is 0.369 e. The molecule has 0 spiro atoms.